The first-order valence-electron chi connectivity index (χ1n) is 7.08. The van der Waals surface area contributed by atoms with Crippen molar-refractivity contribution in [3.8, 4) is 0 Å². The maximum Gasteiger partial charge on any atom is 0.261 e. The third-order valence-electron chi connectivity index (χ3n) is 3.25. The number of rotatable bonds is 5. The summed E-state index contributed by atoms with van der Waals surface area (Å²) in [5.74, 6) is 1.57. The van der Waals surface area contributed by atoms with Crippen molar-refractivity contribution in [3.63, 3.8) is 0 Å². The van der Waals surface area contributed by atoms with Crippen LogP contribution in [0.2, 0.25) is 0 Å². The third kappa shape index (κ3) is 3.66. The average molecular weight is 278 g/mol. The summed E-state index contributed by atoms with van der Waals surface area (Å²) in [5.41, 5.74) is 0.0213. The smallest absolute Gasteiger partial charge is 0.261 e. The molecule has 0 bridgehead atoms. The van der Waals surface area contributed by atoms with Crippen molar-refractivity contribution in [3.05, 3.63) is 21.7 Å². The minimum Gasteiger partial charge on any atom is -0.379 e. The van der Waals surface area contributed by atoms with Crippen LogP contribution in [0.3, 0.4) is 0 Å². The van der Waals surface area contributed by atoms with Crippen LogP contribution in [0.4, 0.5) is 5.82 Å². The Kier molecular flexibility index (Phi) is 4.89. The summed E-state index contributed by atoms with van der Waals surface area (Å²) in [6.45, 7) is 5.56. The molecule has 20 heavy (non-hydrogen) atoms. The Morgan fingerprint density at radius 3 is 3.00 bits per heavy atom. The molecule has 0 spiro atoms. The molecule has 2 rings (SSSR count). The van der Waals surface area contributed by atoms with Crippen molar-refractivity contribution in [2.24, 2.45) is 5.92 Å². The highest BCUT2D eigenvalue weighted by atomic mass is 16.5. The topological polar surface area (TPSA) is 90.9 Å². The number of aromatic amines is 1. The lowest BCUT2D eigenvalue weighted by atomic mass is 10.1. The minimum absolute atomic E-state index is 0.156. The molecular weight excluding hydrogens is 256 g/mol. The molecule has 0 saturated carbocycles. The maximum atomic E-state index is 12.0. The Labute approximate surface area is 118 Å². The molecule has 0 radical (unpaired) electrons. The number of nitrogens with zero attached hydrogens (tertiary/aromatic N) is 1. The van der Waals surface area contributed by atoms with Crippen LogP contribution in [0.15, 0.2) is 4.79 Å². The van der Waals surface area contributed by atoms with Gasteiger partial charge in [0.15, 0.2) is 0 Å². The van der Waals surface area contributed by atoms with Crippen molar-refractivity contribution in [2.75, 3.05) is 18.5 Å². The molecule has 6 nitrogen and oxygen atoms in total. The van der Waals surface area contributed by atoms with Gasteiger partial charge in [-0.1, -0.05) is 13.8 Å². The Hall–Kier alpha value is -1.69. The van der Waals surface area contributed by atoms with Gasteiger partial charge in [-0.25, -0.2) is 4.98 Å². The number of anilines is 1. The van der Waals surface area contributed by atoms with Crippen molar-refractivity contribution < 1.29 is 4.74 Å². The van der Waals surface area contributed by atoms with Crippen LogP contribution in [0, 0.1) is 11.3 Å². The van der Waals surface area contributed by atoms with Gasteiger partial charge >= 0.3 is 0 Å². The second-order valence-corrected chi connectivity index (χ2v) is 5.58. The summed E-state index contributed by atoms with van der Waals surface area (Å²) in [4.78, 5) is 19.2. The zero-order valence-corrected chi connectivity index (χ0v) is 12.0. The molecular formula is C14H22N4O2. The Morgan fingerprint density at radius 1 is 1.60 bits per heavy atom. The zero-order valence-electron chi connectivity index (χ0n) is 12.0. The van der Waals surface area contributed by atoms with Crippen LogP contribution >= 0.6 is 0 Å². The van der Waals surface area contributed by atoms with Gasteiger partial charge < -0.3 is 20.4 Å². The summed E-state index contributed by atoms with van der Waals surface area (Å²) < 4.78 is 5.42. The van der Waals surface area contributed by atoms with E-state index in [1.54, 1.807) is 0 Å². The van der Waals surface area contributed by atoms with E-state index in [9.17, 15) is 4.79 Å². The Balaban J connectivity index is 2.25. The number of H-pyrrole nitrogens is 1. The highest BCUT2D eigenvalue weighted by molar-refractivity contribution is 5.83. The van der Waals surface area contributed by atoms with E-state index >= 15 is 0 Å². The molecule has 3 N–H and O–H groups in total. The lowest BCUT2D eigenvalue weighted by Gasteiger charge is -2.24. The predicted octanol–water partition coefficient (Wildman–Crippen LogP) is 1.56. The summed E-state index contributed by atoms with van der Waals surface area (Å²) >= 11 is 0. The SMILES string of the molecule is CC(C)Cc1nc(NC2CCCOC2)c(C=N)c(=O)[nH]1. The quantitative estimate of drug-likeness (QED) is 0.713. The molecule has 0 aliphatic carbocycles. The first kappa shape index (κ1) is 14.7. The van der Waals surface area contributed by atoms with Crippen LogP contribution in [0.5, 0.6) is 0 Å². The predicted molar refractivity (Wildman–Crippen MR) is 78.7 cm³/mol. The van der Waals surface area contributed by atoms with Gasteiger partial charge in [-0.2, -0.15) is 0 Å². The highest BCUT2D eigenvalue weighted by Crippen LogP contribution is 2.14. The molecule has 1 fully saturated rings. The molecule has 1 aliphatic rings. The molecule has 6 heteroatoms. The van der Waals surface area contributed by atoms with Crippen LogP contribution in [0.1, 0.15) is 38.1 Å². The van der Waals surface area contributed by atoms with E-state index in [-0.39, 0.29) is 17.2 Å². The molecule has 1 unspecified atom stereocenters. The molecule has 0 aromatic carbocycles. The van der Waals surface area contributed by atoms with Gasteiger partial charge in [0.2, 0.25) is 0 Å². The van der Waals surface area contributed by atoms with Gasteiger partial charge in [-0.05, 0) is 18.8 Å². The number of hydrogen-bond acceptors (Lipinski definition) is 5. The molecule has 1 saturated heterocycles. The van der Waals surface area contributed by atoms with E-state index in [4.69, 9.17) is 10.1 Å². The van der Waals surface area contributed by atoms with Gasteiger partial charge in [0.1, 0.15) is 11.6 Å². The maximum absolute atomic E-state index is 12.0. The first-order chi connectivity index (χ1) is 9.60. The van der Waals surface area contributed by atoms with E-state index in [1.807, 2.05) is 0 Å². The summed E-state index contributed by atoms with van der Waals surface area (Å²) in [7, 11) is 0. The van der Waals surface area contributed by atoms with Gasteiger partial charge in [-0.3, -0.25) is 4.79 Å². The van der Waals surface area contributed by atoms with Crippen molar-refractivity contribution in [1.29, 1.82) is 5.41 Å². The molecule has 0 amide bonds. The molecule has 1 aromatic rings. The number of ether oxygens (including phenoxy) is 1. The Bertz CT molecular complexity index is 518. The lowest BCUT2D eigenvalue weighted by Crippen LogP contribution is -2.32. The highest BCUT2D eigenvalue weighted by Gasteiger charge is 2.17. The van der Waals surface area contributed by atoms with Crippen LogP contribution in [0.25, 0.3) is 0 Å². The number of nitrogens with one attached hydrogen (secondary N) is 3. The fraction of sp³-hybridized carbons (Fsp3) is 0.643. The van der Waals surface area contributed by atoms with Gasteiger partial charge in [-0.15, -0.1) is 0 Å². The fourth-order valence-electron chi connectivity index (χ4n) is 2.30. The third-order valence-corrected chi connectivity index (χ3v) is 3.25. The molecule has 1 atom stereocenters. The second-order valence-electron chi connectivity index (χ2n) is 5.58. The molecule has 110 valence electrons. The van der Waals surface area contributed by atoms with Gasteiger partial charge in [0.25, 0.3) is 5.56 Å². The second kappa shape index (κ2) is 6.65. The zero-order chi connectivity index (χ0) is 14.5. The summed E-state index contributed by atoms with van der Waals surface area (Å²) in [5, 5.41) is 10.6. The van der Waals surface area contributed by atoms with Gasteiger partial charge in [0, 0.05) is 19.2 Å². The first-order valence-corrected chi connectivity index (χ1v) is 7.08. The van der Waals surface area contributed by atoms with E-state index in [1.165, 1.54) is 0 Å². The minimum atomic E-state index is -0.259. The van der Waals surface area contributed by atoms with Crippen LogP contribution in [-0.4, -0.2) is 35.4 Å². The molecule has 1 aliphatic heterocycles. The van der Waals surface area contributed by atoms with E-state index in [0.29, 0.717) is 30.6 Å². The average Bonchev–Trinajstić information content (AvgIpc) is 2.39. The van der Waals surface area contributed by atoms with Crippen LogP contribution in [-0.2, 0) is 11.2 Å². The van der Waals surface area contributed by atoms with Gasteiger partial charge in [0.05, 0.1) is 18.2 Å². The normalized spacial score (nSPS) is 19.1. The Morgan fingerprint density at radius 2 is 2.40 bits per heavy atom. The monoisotopic (exact) mass is 278 g/mol. The molecule has 2 heterocycles. The lowest BCUT2D eigenvalue weighted by molar-refractivity contribution is 0.0875. The van der Waals surface area contributed by atoms with Crippen molar-refractivity contribution >= 4 is 12.0 Å². The largest absolute Gasteiger partial charge is 0.379 e. The van der Waals surface area contributed by atoms with E-state index in [0.717, 1.165) is 25.7 Å². The summed E-state index contributed by atoms with van der Waals surface area (Å²) in [6, 6.07) is 0.156. The number of aromatic nitrogens is 2. The van der Waals surface area contributed by atoms with E-state index < -0.39 is 0 Å². The summed E-state index contributed by atoms with van der Waals surface area (Å²) in [6.07, 6.45) is 3.76. The fourth-order valence-corrected chi connectivity index (χ4v) is 2.30. The molecule has 1 aromatic heterocycles. The number of hydrogen-bond donors (Lipinski definition) is 3. The van der Waals surface area contributed by atoms with Crippen LogP contribution < -0.4 is 10.9 Å². The standard InChI is InChI=1S/C14H22N4O2/c1-9(2)6-12-17-13(11(7-15)14(19)18-12)16-10-4-3-5-20-8-10/h7,9-10,15H,3-6,8H2,1-2H3,(H2,16,17,18,19). The van der Waals surface area contributed by atoms with Crippen molar-refractivity contribution in [1.82, 2.24) is 9.97 Å². The van der Waals surface area contributed by atoms with Crippen molar-refractivity contribution in [2.45, 2.75) is 39.2 Å². The van der Waals surface area contributed by atoms with E-state index in [2.05, 4.69) is 29.1 Å².